The number of benzene rings is 1. The zero-order valence-corrected chi connectivity index (χ0v) is 13.2. The van der Waals surface area contributed by atoms with Gasteiger partial charge >= 0.3 is 0 Å². The van der Waals surface area contributed by atoms with Gasteiger partial charge < -0.3 is 10.6 Å². The van der Waals surface area contributed by atoms with E-state index in [1.54, 1.807) is 24.3 Å². The summed E-state index contributed by atoms with van der Waals surface area (Å²) < 4.78 is 24.5. The van der Waals surface area contributed by atoms with E-state index in [4.69, 9.17) is 18.0 Å². The van der Waals surface area contributed by atoms with Gasteiger partial charge in [-0.1, -0.05) is 30.8 Å². The third-order valence-electron chi connectivity index (χ3n) is 3.91. The van der Waals surface area contributed by atoms with Crippen molar-refractivity contribution in [2.45, 2.75) is 30.2 Å². The summed E-state index contributed by atoms with van der Waals surface area (Å²) in [6.07, 6.45) is 3.61. The Morgan fingerprint density at radius 1 is 1.35 bits per heavy atom. The fourth-order valence-electron chi connectivity index (χ4n) is 2.22. The Kier molecular flexibility index (Phi) is 4.78. The molecule has 0 atom stereocenters. The third kappa shape index (κ3) is 3.56. The molecule has 1 aromatic rings. The zero-order chi connectivity index (χ0) is 14.8. The van der Waals surface area contributed by atoms with Gasteiger partial charge in [-0.2, -0.15) is 0 Å². The van der Waals surface area contributed by atoms with Crippen LogP contribution in [0, 0.1) is 0 Å². The lowest BCUT2D eigenvalue weighted by Crippen LogP contribution is -2.39. The quantitative estimate of drug-likeness (QED) is 0.808. The predicted molar refractivity (Wildman–Crippen MR) is 84.7 cm³/mol. The molecule has 6 heteroatoms. The zero-order valence-electron chi connectivity index (χ0n) is 11.6. The van der Waals surface area contributed by atoms with E-state index in [-0.39, 0.29) is 10.7 Å². The van der Waals surface area contributed by atoms with Crippen LogP contribution in [0.3, 0.4) is 0 Å². The van der Waals surface area contributed by atoms with E-state index in [0.29, 0.717) is 23.0 Å². The maximum Gasteiger partial charge on any atom is 0.179 e. The largest absolute Gasteiger partial charge is 0.389 e. The van der Waals surface area contributed by atoms with Crippen molar-refractivity contribution in [2.75, 3.05) is 19.3 Å². The molecule has 1 fully saturated rings. The molecule has 0 radical (unpaired) electrons. The lowest BCUT2D eigenvalue weighted by Gasteiger charge is -2.34. The minimum atomic E-state index is -3.24. The Labute approximate surface area is 125 Å². The van der Waals surface area contributed by atoms with Crippen LogP contribution in [0.25, 0.3) is 0 Å². The molecule has 0 unspecified atom stereocenters. The van der Waals surface area contributed by atoms with Crippen molar-refractivity contribution in [3.05, 3.63) is 29.8 Å². The molecule has 0 aliphatic heterocycles. The molecule has 2 rings (SSSR count). The Bertz CT molecular complexity index is 578. The monoisotopic (exact) mass is 312 g/mol. The minimum Gasteiger partial charge on any atom is -0.389 e. The van der Waals surface area contributed by atoms with Crippen molar-refractivity contribution in [3.8, 4) is 0 Å². The Morgan fingerprint density at radius 2 is 1.95 bits per heavy atom. The molecule has 1 aliphatic rings. The number of hydrogen-bond acceptors (Lipinski definition) is 4. The first-order valence-corrected chi connectivity index (χ1v) is 8.79. The van der Waals surface area contributed by atoms with Crippen LogP contribution >= 0.6 is 12.2 Å². The highest BCUT2D eigenvalue weighted by Gasteiger charge is 2.23. The minimum absolute atomic E-state index is 0.145. The van der Waals surface area contributed by atoms with Gasteiger partial charge in [-0.25, -0.2) is 8.42 Å². The summed E-state index contributed by atoms with van der Waals surface area (Å²) in [6, 6.07) is 7.03. The van der Waals surface area contributed by atoms with E-state index in [2.05, 4.69) is 4.90 Å². The smallest absolute Gasteiger partial charge is 0.179 e. The predicted octanol–water partition coefficient (Wildman–Crippen LogP) is 1.58. The standard InChI is InChI=1S/C14H20N2O2S2/c1-16(12-3-2-4-12)9-10-20(17,18)13-7-5-11(6-8-13)14(15)19/h5-8,12H,2-4,9-10H2,1H3,(H2,15,19). The van der Waals surface area contributed by atoms with Crippen LogP contribution < -0.4 is 5.73 Å². The summed E-state index contributed by atoms with van der Waals surface area (Å²) >= 11 is 4.85. The summed E-state index contributed by atoms with van der Waals surface area (Å²) in [6.45, 7) is 0.573. The molecule has 0 amide bonds. The van der Waals surface area contributed by atoms with E-state index in [9.17, 15) is 8.42 Å². The van der Waals surface area contributed by atoms with E-state index >= 15 is 0 Å². The van der Waals surface area contributed by atoms with Crippen molar-refractivity contribution in [3.63, 3.8) is 0 Å². The molecule has 0 spiro atoms. The summed E-state index contributed by atoms with van der Waals surface area (Å²) in [5.74, 6) is 0.145. The third-order valence-corrected chi connectivity index (χ3v) is 5.85. The Hall–Kier alpha value is -0.980. The van der Waals surface area contributed by atoms with Crippen molar-refractivity contribution >= 4 is 27.0 Å². The topological polar surface area (TPSA) is 63.4 Å². The van der Waals surface area contributed by atoms with Gasteiger partial charge in [0.05, 0.1) is 10.6 Å². The van der Waals surface area contributed by atoms with Crippen LogP contribution in [0.5, 0.6) is 0 Å². The summed E-state index contributed by atoms with van der Waals surface area (Å²) in [7, 11) is -1.25. The lowest BCUT2D eigenvalue weighted by atomic mass is 9.92. The average molecular weight is 312 g/mol. The maximum absolute atomic E-state index is 12.3. The van der Waals surface area contributed by atoms with Gasteiger partial charge in [0.1, 0.15) is 4.99 Å². The highest BCUT2D eigenvalue weighted by molar-refractivity contribution is 7.91. The summed E-state index contributed by atoms with van der Waals surface area (Å²) in [5, 5.41) is 0. The molecule has 1 aliphatic carbocycles. The second kappa shape index (κ2) is 6.20. The molecule has 1 aromatic carbocycles. The van der Waals surface area contributed by atoms with Crippen LogP contribution in [0.2, 0.25) is 0 Å². The SMILES string of the molecule is CN(CCS(=O)(=O)c1ccc(C(N)=S)cc1)C1CCC1. The molecule has 2 N–H and O–H groups in total. The number of nitrogens with two attached hydrogens (primary N) is 1. The molecule has 0 bridgehead atoms. The van der Waals surface area contributed by atoms with Crippen molar-refractivity contribution < 1.29 is 8.42 Å². The van der Waals surface area contributed by atoms with Gasteiger partial charge in [-0.3, -0.25) is 0 Å². The molecule has 0 heterocycles. The van der Waals surface area contributed by atoms with Crippen LogP contribution in [0.4, 0.5) is 0 Å². The number of thiocarbonyl (C=S) groups is 1. The van der Waals surface area contributed by atoms with E-state index in [1.807, 2.05) is 7.05 Å². The first-order chi connectivity index (χ1) is 9.40. The average Bonchev–Trinajstić information content (AvgIpc) is 2.34. The molecule has 0 aromatic heterocycles. The number of rotatable bonds is 6. The van der Waals surface area contributed by atoms with Crippen LogP contribution in [0.15, 0.2) is 29.2 Å². The summed E-state index contributed by atoms with van der Waals surface area (Å²) in [4.78, 5) is 2.75. The van der Waals surface area contributed by atoms with Gasteiger partial charge in [-0.15, -0.1) is 0 Å². The fraction of sp³-hybridized carbons (Fsp3) is 0.500. The molecule has 4 nitrogen and oxygen atoms in total. The molecule has 1 saturated carbocycles. The second-order valence-electron chi connectivity index (χ2n) is 5.27. The van der Waals surface area contributed by atoms with Gasteiger partial charge in [0.2, 0.25) is 0 Å². The second-order valence-corrected chi connectivity index (χ2v) is 7.82. The number of sulfone groups is 1. The van der Waals surface area contributed by atoms with Crippen molar-refractivity contribution in [1.82, 2.24) is 4.90 Å². The lowest BCUT2D eigenvalue weighted by molar-refractivity contribution is 0.168. The number of hydrogen-bond donors (Lipinski definition) is 1. The normalized spacial score (nSPS) is 16.1. The molecular weight excluding hydrogens is 292 g/mol. The Balaban J connectivity index is 2.00. The van der Waals surface area contributed by atoms with Crippen LogP contribution in [0.1, 0.15) is 24.8 Å². The number of nitrogens with zero attached hydrogens (tertiary/aromatic N) is 1. The van der Waals surface area contributed by atoms with Crippen LogP contribution in [-0.4, -0.2) is 43.7 Å². The summed E-state index contributed by atoms with van der Waals surface area (Å²) in [5.41, 5.74) is 6.19. The van der Waals surface area contributed by atoms with Crippen molar-refractivity contribution in [1.29, 1.82) is 0 Å². The first kappa shape index (κ1) is 15.4. The fourth-order valence-corrected chi connectivity index (χ4v) is 3.67. The van der Waals surface area contributed by atoms with E-state index in [1.165, 1.54) is 19.3 Å². The first-order valence-electron chi connectivity index (χ1n) is 6.73. The molecule has 0 saturated heterocycles. The van der Waals surface area contributed by atoms with E-state index < -0.39 is 9.84 Å². The maximum atomic E-state index is 12.3. The molecule has 110 valence electrons. The van der Waals surface area contributed by atoms with Gasteiger partial charge in [0.25, 0.3) is 0 Å². The highest BCUT2D eigenvalue weighted by Crippen LogP contribution is 2.23. The van der Waals surface area contributed by atoms with Crippen molar-refractivity contribution in [2.24, 2.45) is 5.73 Å². The highest BCUT2D eigenvalue weighted by atomic mass is 32.2. The van der Waals surface area contributed by atoms with Gasteiger partial charge in [-0.05, 0) is 32.0 Å². The van der Waals surface area contributed by atoms with E-state index in [0.717, 1.165) is 0 Å². The van der Waals surface area contributed by atoms with Gasteiger partial charge in [0, 0.05) is 18.2 Å². The van der Waals surface area contributed by atoms with Crippen LogP contribution in [-0.2, 0) is 9.84 Å². The Morgan fingerprint density at radius 3 is 2.40 bits per heavy atom. The molecular formula is C14H20N2O2S2. The van der Waals surface area contributed by atoms with Gasteiger partial charge in [0.15, 0.2) is 9.84 Å². The molecule has 20 heavy (non-hydrogen) atoms.